The van der Waals surface area contributed by atoms with Crippen LogP contribution >= 0.6 is 0 Å². The molecule has 1 saturated heterocycles. The summed E-state index contributed by atoms with van der Waals surface area (Å²) in [6.07, 6.45) is 5.52. The number of nitrogens with zero attached hydrogens (tertiary/aromatic N) is 1. The molecular formula is C13H26N2O2S. The van der Waals surface area contributed by atoms with Crippen LogP contribution in [0.25, 0.3) is 0 Å². The molecule has 1 aliphatic carbocycles. The summed E-state index contributed by atoms with van der Waals surface area (Å²) in [6.45, 7) is 6.49. The largest absolute Gasteiger partial charge is 0.313 e. The fourth-order valence-electron chi connectivity index (χ4n) is 2.83. The highest BCUT2D eigenvalue weighted by Crippen LogP contribution is 2.28. The Labute approximate surface area is 111 Å². The number of sulfonamides is 1. The molecular weight excluding hydrogens is 248 g/mol. The zero-order chi connectivity index (χ0) is 13.3. The van der Waals surface area contributed by atoms with Crippen LogP contribution in [0.15, 0.2) is 0 Å². The Morgan fingerprint density at radius 2 is 1.72 bits per heavy atom. The third-order valence-corrected chi connectivity index (χ3v) is 6.68. The van der Waals surface area contributed by atoms with Gasteiger partial charge in [0.15, 0.2) is 0 Å². The van der Waals surface area contributed by atoms with Crippen molar-refractivity contribution in [3.05, 3.63) is 0 Å². The third kappa shape index (κ3) is 3.06. The molecule has 2 rings (SSSR count). The lowest BCUT2D eigenvalue weighted by Crippen LogP contribution is -2.52. The molecule has 1 unspecified atom stereocenters. The van der Waals surface area contributed by atoms with Crippen LogP contribution in [0.4, 0.5) is 0 Å². The molecule has 1 aliphatic heterocycles. The number of piperidine rings is 1. The molecule has 0 bridgehead atoms. The number of nitrogens with one attached hydrogen (secondary N) is 1. The van der Waals surface area contributed by atoms with Crippen molar-refractivity contribution >= 4 is 10.0 Å². The van der Waals surface area contributed by atoms with E-state index in [9.17, 15) is 8.42 Å². The van der Waals surface area contributed by atoms with Gasteiger partial charge in [-0.25, -0.2) is 8.42 Å². The number of rotatable bonds is 5. The molecule has 1 saturated carbocycles. The maximum absolute atomic E-state index is 12.6. The molecule has 2 aliphatic rings. The van der Waals surface area contributed by atoms with Crippen LogP contribution in [0.5, 0.6) is 0 Å². The van der Waals surface area contributed by atoms with E-state index in [0.29, 0.717) is 12.6 Å². The average Bonchev–Trinajstić information content (AvgIpc) is 3.08. The molecule has 0 amide bonds. The fraction of sp³-hybridized carbons (Fsp3) is 1.00. The number of hydrogen-bond acceptors (Lipinski definition) is 3. The summed E-state index contributed by atoms with van der Waals surface area (Å²) < 4.78 is 27.0. The van der Waals surface area contributed by atoms with E-state index in [4.69, 9.17) is 0 Å². The Balaban J connectivity index is 2.02. The van der Waals surface area contributed by atoms with Crippen molar-refractivity contribution in [2.45, 2.75) is 76.3 Å². The molecule has 0 aromatic carbocycles. The highest BCUT2D eigenvalue weighted by Gasteiger charge is 2.38. The molecule has 0 radical (unpaired) electrons. The van der Waals surface area contributed by atoms with Gasteiger partial charge < -0.3 is 5.32 Å². The van der Waals surface area contributed by atoms with Gasteiger partial charge in [-0.2, -0.15) is 4.31 Å². The van der Waals surface area contributed by atoms with Gasteiger partial charge in [-0.05, 0) is 46.5 Å². The van der Waals surface area contributed by atoms with Crippen molar-refractivity contribution in [2.75, 3.05) is 6.54 Å². The topological polar surface area (TPSA) is 49.4 Å². The van der Waals surface area contributed by atoms with Crippen LogP contribution in [-0.4, -0.2) is 42.6 Å². The van der Waals surface area contributed by atoms with Gasteiger partial charge in [-0.15, -0.1) is 0 Å². The molecule has 0 aromatic rings. The maximum atomic E-state index is 12.6. The summed E-state index contributed by atoms with van der Waals surface area (Å²) in [7, 11) is -3.16. The average molecular weight is 274 g/mol. The summed E-state index contributed by atoms with van der Waals surface area (Å²) >= 11 is 0. The second-order valence-electron chi connectivity index (χ2n) is 6.00. The summed E-state index contributed by atoms with van der Waals surface area (Å²) in [6, 6.07) is 0.878. The van der Waals surface area contributed by atoms with E-state index in [0.717, 1.165) is 19.3 Å². The van der Waals surface area contributed by atoms with Crippen molar-refractivity contribution < 1.29 is 8.42 Å². The highest BCUT2D eigenvalue weighted by molar-refractivity contribution is 7.89. The van der Waals surface area contributed by atoms with Gasteiger partial charge >= 0.3 is 0 Å². The van der Waals surface area contributed by atoms with Gasteiger partial charge in [-0.1, -0.05) is 6.42 Å². The smallest absolute Gasteiger partial charge is 0.218 e. The normalized spacial score (nSPS) is 32.4. The molecule has 0 spiro atoms. The van der Waals surface area contributed by atoms with E-state index < -0.39 is 10.0 Å². The maximum Gasteiger partial charge on any atom is 0.218 e. The predicted molar refractivity (Wildman–Crippen MR) is 74.0 cm³/mol. The standard InChI is InChI=1S/C13H26N2O2S/c1-10-5-4-6-11(2)15(10)18(16,17)12(3)9-14-13-7-8-13/h10-14H,4-9H2,1-3H3/t10-,11+,12?. The van der Waals surface area contributed by atoms with Crippen molar-refractivity contribution in [3.63, 3.8) is 0 Å². The quantitative estimate of drug-likeness (QED) is 0.830. The Hall–Kier alpha value is -0.130. The molecule has 1 heterocycles. The van der Waals surface area contributed by atoms with Crippen LogP contribution in [0.2, 0.25) is 0 Å². The first kappa shape index (κ1) is 14.3. The molecule has 4 nitrogen and oxygen atoms in total. The van der Waals surface area contributed by atoms with E-state index in [1.807, 2.05) is 20.8 Å². The van der Waals surface area contributed by atoms with E-state index in [1.54, 1.807) is 4.31 Å². The first-order chi connectivity index (χ1) is 8.43. The minimum atomic E-state index is -3.16. The van der Waals surface area contributed by atoms with Gasteiger partial charge in [0.2, 0.25) is 10.0 Å². The second-order valence-corrected chi connectivity index (χ2v) is 8.25. The van der Waals surface area contributed by atoms with Crippen LogP contribution in [0, 0.1) is 0 Å². The zero-order valence-electron chi connectivity index (χ0n) is 11.7. The van der Waals surface area contributed by atoms with Crippen LogP contribution < -0.4 is 5.32 Å². The predicted octanol–water partition coefficient (Wildman–Crippen LogP) is 1.72. The SMILES string of the molecule is CC(CNC1CC1)S(=O)(=O)N1[C@H](C)CCC[C@@H]1C. The minimum absolute atomic E-state index is 0.155. The van der Waals surface area contributed by atoms with Gasteiger partial charge in [0.1, 0.15) is 0 Å². The first-order valence-corrected chi connectivity index (χ1v) is 8.69. The van der Waals surface area contributed by atoms with Gasteiger partial charge in [0, 0.05) is 24.7 Å². The van der Waals surface area contributed by atoms with Gasteiger partial charge in [0.05, 0.1) is 5.25 Å². The molecule has 18 heavy (non-hydrogen) atoms. The van der Waals surface area contributed by atoms with Crippen LogP contribution in [-0.2, 0) is 10.0 Å². The van der Waals surface area contributed by atoms with Crippen LogP contribution in [0.1, 0.15) is 52.9 Å². The Morgan fingerprint density at radius 3 is 2.22 bits per heavy atom. The monoisotopic (exact) mass is 274 g/mol. The molecule has 0 aromatic heterocycles. The fourth-order valence-corrected chi connectivity index (χ4v) is 4.77. The van der Waals surface area contributed by atoms with Crippen molar-refractivity contribution in [3.8, 4) is 0 Å². The summed E-state index contributed by atoms with van der Waals surface area (Å²) in [5.74, 6) is 0. The first-order valence-electron chi connectivity index (χ1n) is 7.18. The lowest BCUT2D eigenvalue weighted by atomic mass is 10.0. The molecule has 5 heteroatoms. The van der Waals surface area contributed by atoms with E-state index in [-0.39, 0.29) is 17.3 Å². The van der Waals surface area contributed by atoms with Crippen molar-refractivity contribution in [2.24, 2.45) is 0 Å². The summed E-state index contributed by atoms with van der Waals surface area (Å²) in [5.41, 5.74) is 0. The van der Waals surface area contributed by atoms with Gasteiger partial charge in [0.25, 0.3) is 0 Å². The molecule has 106 valence electrons. The van der Waals surface area contributed by atoms with Gasteiger partial charge in [-0.3, -0.25) is 0 Å². The summed E-state index contributed by atoms with van der Waals surface area (Å²) in [4.78, 5) is 0. The second kappa shape index (κ2) is 5.47. The Morgan fingerprint density at radius 1 is 1.17 bits per heavy atom. The number of hydrogen-bond donors (Lipinski definition) is 1. The highest BCUT2D eigenvalue weighted by atomic mass is 32.2. The van der Waals surface area contributed by atoms with Crippen molar-refractivity contribution in [1.29, 1.82) is 0 Å². The van der Waals surface area contributed by atoms with Crippen LogP contribution in [0.3, 0.4) is 0 Å². The Bertz CT molecular complexity index is 368. The van der Waals surface area contributed by atoms with E-state index >= 15 is 0 Å². The third-order valence-electron chi connectivity index (χ3n) is 4.19. The zero-order valence-corrected chi connectivity index (χ0v) is 12.5. The molecule has 2 fully saturated rings. The summed E-state index contributed by atoms with van der Waals surface area (Å²) in [5, 5.41) is 3.01. The van der Waals surface area contributed by atoms with E-state index in [2.05, 4.69) is 5.32 Å². The minimum Gasteiger partial charge on any atom is -0.313 e. The lowest BCUT2D eigenvalue weighted by molar-refractivity contribution is 0.202. The molecule has 3 atom stereocenters. The Kier molecular flexibility index (Phi) is 4.34. The van der Waals surface area contributed by atoms with Crippen molar-refractivity contribution in [1.82, 2.24) is 9.62 Å². The van der Waals surface area contributed by atoms with E-state index in [1.165, 1.54) is 12.8 Å². The molecule has 1 N–H and O–H groups in total. The lowest BCUT2D eigenvalue weighted by Gasteiger charge is -2.39.